The third-order valence-corrected chi connectivity index (χ3v) is 3.60. The number of aryl methyl sites for hydroxylation is 1. The summed E-state index contributed by atoms with van der Waals surface area (Å²) in [4.78, 5) is 23.8. The van der Waals surface area contributed by atoms with Crippen molar-refractivity contribution in [3.05, 3.63) is 41.7 Å². The molecule has 0 saturated carbocycles. The number of hydrogen-bond donors (Lipinski definition) is 1. The normalized spacial score (nSPS) is 12.5. The van der Waals surface area contributed by atoms with Gasteiger partial charge in [0.1, 0.15) is 5.76 Å². The lowest BCUT2D eigenvalue weighted by atomic mass is 10.2. The number of amides is 1. The number of rotatable bonds is 5. The highest BCUT2D eigenvalue weighted by atomic mass is 32.2. The molecule has 0 aliphatic rings. The summed E-state index contributed by atoms with van der Waals surface area (Å²) in [6.07, 6.45) is -1.13. The number of ether oxygens (including phenoxy) is 1. The van der Waals surface area contributed by atoms with Gasteiger partial charge in [-0.25, -0.2) is 4.79 Å². The van der Waals surface area contributed by atoms with Gasteiger partial charge in [-0.2, -0.15) is 13.2 Å². The number of anilines is 1. The third kappa shape index (κ3) is 5.82. The van der Waals surface area contributed by atoms with Crippen LogP contribution in [0.2, 0.25) is 0 Å². The Morgan fingerprint density at radius 2 is 1.92 bits per heavy atom. The molecular formula is C15H13F3N2O4S. The first-order valence-electron chi connectivity index (χ1n) is 6.95. The molecule has 0 saturated heterocycles. The third-order valence-electron chi connectivity index (χ3n) is 2.86. The fourth-order valence-electron chi connectivity index (χ4n) is 1.73. The van der Waals surface area contributed by atoms with Crippen LogP contribution in [0.15, 0.2) is 39.8 Å². The molecular weight excluding hydrogens is 361 g/mol. The first-order chi connectivity index (χ1) is 11.6. The molecule has 1 heterocycles. The molecule has 0 fully saturated rings. The Morgan fingerprint density at radius 1 is 1.28 bits per heavy atom. The maximum atomic E-state index is 12.3. The highest BCUT2D eigenvalue weighted by Crippen LogP contribution is 2.36. The zero-order valence-corrected chi connectivity index (χ0v) is 13.9. The van der Waals surface area contributed by atoms with Crippen molar-refractivity contribution >= 4 is 29.5 Å². The number of nitrogens with zero attached hydrogens (tertiary/aromatic N) is 1. The van der Waals surface area contributed by atoms with Crippen molar-refractivity contribution in [1.82, 2.24) is 5.16 Å². The summed E-state index contributed by atoms with van der Waals surface area (Å²) in [5.41, 5.74) is -4.38. The molecule has 2 aromatic rings. The molecule has 1 N–H and O–H groups in total. The van der Waals surface area contributed by atoms with Crippen LogP contribution in [0.5, 0.6) is 0 Å². The standard InChI is InChI=1S/C15H13F3N2O4S/c1-8-7-12(20-24-8)19-13(21)9(2)23-14(22)10-3-5-11(6-4-10)25-15(16,17)18/h3-7,9H,1-2H3,(H,19,20,21)/t9-/m0/s1. The van der Waals surface area contributed by atoms with E-state index in [0.717, 1.165) is 12.1 Å². The van der Waals surface area contributed by atoms with Crippen molar-refractivity contribution in [1.29, 1.82) is 0 Å². The van der Waals surface area contributed by atoms with Gasteiger partial charge in [0, 0.05) is 11.0 Å². The predicted octanol–water partition coefficient (Wildman–Crippen LogP) is 3.78. The van der Waals surface area contributed by atoms with Crippen molar-refractivity contribution in [3.63, 3.8) is 0 Å². The Kier molecular flexibility index (Phi) is 5.73. The van der Waals surface area contributed by atoms with Crippen LogP contribution in [0.4, 0.5) is 19.0 Å². The Balaban J connectivity index is 1.93. The molecule has 0 spiro atoms. The average molecular weight is 374 g/mol. The van der Waals surface area contributed by atoms with Gasteiger partial charge >= 0.3 is 11.5 Å². The molecule has 0 aliphatic carbocycles. The number of alkyl halides is 3. The molecule has 0 unspecified atom stereocenters. The summed E-state index contributed by atoms with van der Waals surface area (Å²) in [6.45, 7) is 3.00. The van der Waals surface area contributed by atoms with E-state index in [0.29, 0.717) is 5.76 Å². The Labute approximate surface area is 144 Å². The zero-order valence-electron chi connectivity index (χ0n) is 13.1. The Morgan fingerprint density at radius 3 is 2.44 bits per heavy atom. The molecule has 0 bridgehead atoms. The van der Waals surface area contributed by atoms with Crippen molar-refractivity contribution in [2.75, 3.05) is 5.32 Å². The molecule has 1 atom stereocenters. The van der Waals surface area contributed by atoms with Gasteiger partial charge in [0.2, 0.25) is 0 Å². The van der Waals surface area contributed by atoms with Crippen LogP contribution >= 0.6 is 11.8 Å². The minimum absolute atomic E-state index is 0.0310. The van der Waals surface area contributed by atoms with Crippen LogP contribution in [-0.4, -0.2) is 28.6 Å². The summed E-state index contributed by atoms with van der Waals surface area (Å²) in [5.74, 6) is -0.774. The Bertz CT molecular complexity index is 759. The monoisotopic (exact) mass is 374 g/mol. The van der Waals surface area contributed by atoms with Crippen molar-refractivity contribution in [2.24, 2.45) is 0 Å². The van der Waals surface area contributed by atoms with E-state index in [1.54, 1.807) is 6.92 Å². The van der Waals surface area contributed by atoms with Gasteiger partial charge in [0.05, 0.1) is 5.56 Å². The van der Waals surface area contributed by atoms with E-state index < -0.39 is 23.5 Å². The predicted molar refractivity (Wildman–Crippen MR) is 83.1 cm³/mol. The van der Waals surface area contributed by atoms with E-state index in [4.69, 9.17) is 9.26 Å². The summed E-state index contributed by atoms with van der Waals surface area (Å²) in [7, 11) is 0. The van der Waals surface area contributed by atoms with Crippen LogP contribution in [-0.2, 0) is 9.53 Å². The van der Waals surface area contributed by atoms with Crippen molar-refractivity contribution < 1.29 is 32.0 Å². The highest BCUT2D eigenvalue weighted by Gasteiger charge is 2.29. The Hall–Kier alpha value is -2.49. The van der Waals surface area contributed by atoms with E-state index >= 15 is 0 Å². The van der Waals surface area contributed by atoms with Crippen LogP contribution in [0.1, 0.15) is 23.0 Å². The van der Waals surface area contributed by atoms with Gasteiger partial charge in [0.15, 0.2) is 11.9 Å². The number of carbonyl (C=O) groups is 2. The van der Waals surface area contributed by atoms with Gasteiger partial charge in [0.25, 0.3) is 5.91 Å². The van der Waals surface area contributed by atoms with E-state index in [1.807, 2.05) is 0 Å². The summed E-state index contributed by atoms with van der Waals surface area (Å²) < 4.78 is 46.5. The van der Waals surface area contributed by atoms with Crippen LogP contribution in [0, 0.1) is 6.92 Å². The number of carbonyl (C=O) groups excluding carboxylic acids is 2. The van der Waals surface area contributed by atoms with E-state index in [1.165, 1.54) is 25.1 Å². The van der Waals surface area contributed by atoms with Crippen molar-refractivity contribution in [2.45, 2.75) is 30.4 Å². The lowest BCUT2D eigenvalue weighted by Crippen LogP contribution is -2.30. The SMILES string of the molecule is Cc1cc(NC(=O)[C@H](C)OC(=O)c2ccc(SC(F)(F)F)cc2)no1. The van der Waals surface area contributed by atoms with Crippen LogP contribution in [0.3, 0.4) is 0 Å². The summed E-state index contributed by atoms with van der Waals surface area (Å²) in [5, 5.41) is 5.98. The molecule has 6 nitrogen and oxygen atoms in total. The zero-order chi connectivity index (χ0) is 18.6. The minimum Gasteiger partial charge on any atom is -0.449 e. The summed E-state index contributed by atoms with van der Waals surface area (Å²) >= 11 is -0.289. The quantitative estimate of drug-likeness (QED) is 0.634. The first-order valence-corrected chi connectivity index (χ1v) is 7.76. The van der Waals surface area contributed by atoms with Gasteiger partial charge < -0.3 is 14.6 Å². The number of hydrogen-bond acceptors (Lipinski definition) is 6. The molecule has 1 aromatic heterocycles. The second kappa shape index (κ2) is 7.60. The maximum Gasteiger partial charge on any atom is 0.446 e. The fraction of sp³-hybridized carbons (Fsp3) is 0.267. The summed E-state index contributed by atoms with van der Waals surface area (Å²) in [6, 6.07) is 6.18. The number of nitrogens with one attached hydrogen (secondary N) is 1. The molecule has 2 rings (SSSR count). The number of thioether (sulfide) groups is 1. The average Bonchev–Trinajstić information content (AvgIpc) is 2.91. The molecule has 134 valence electrons. The van der Waals surface area contributed by atoms with Gasteiger partial charge in [-0.05, 0) is 49.9 Å². The molecule has 0 aliphatic heterocycles. The van der Waals surface area contributed by atoms with Crippen LogP contribution < -0.4 is 5.32 Å². The lowest BCUT2D eigenvalue weighted by molar-refractivity contribution is -0.123. The van der Waals surface area contributed by atoms with Gasteiger partial charge in [-0.3, -0.25) is 4.79 Å². The molecule has 0 radical (unpaired) electrons. The number of esters is 1. The topological polar surface area (TPSA) is 81.4 Å². The van der Waals surface area contributed by atoms with Crippen molar-refractivity contribution in [3.8, 4) is 0 Å². The number of halogens is 3. The second-order valence-electron chi connectivity index (χ2n) is 4.93. The fourth-order valence-corrected chi connectivity index (χ4v) is 2.27. The van der Waals surface area contributed by atoms with Gasteiger partial charge in [-0.1, -0.05) is 5.16 Å². The van der Waals surface area contributed by atoms with Gasteiger partial charge in [-0.15, -0.1) is 0 Å². The molecule has 25 heavy (non-hydrogen) atoms. The smallest absolute Gasteiger partial charge is 0.446 e. The highest BCUT2D eigenvalue weighted by molar-refractivity contribution is 8.00. The maximum absolute atomic E-state index is 12.3. The van der Waals surface area contributed by atoms with E-state index in [9.17, 15) is 22.8 Å². The number of aromatic nitrogens is 1. The van der Waals surface area contributed by atoms with E-state index in [-0.39, 0.29) is 28.0 Å². The first kappa shape index (κ1) is 18.8. The lowest BCUT2D eigenvalue weighted by Gasteiger charge is -2.12. The molecule has 1 amide bonds. The number of benzene rings is 1. The minimum atomic E-state index is -4.41. The molecule has 1 aromatic carbocycles. The van der Waals surface area contributed by atoms with E-state index in [2.05, 4.69) is 10.5 Å². The van der Waals surface area contributed by atoms with Crippen LogP contribution in [0.25, 0.3) is 0 Å². The second-order valence-corrected chi connectivity index (χ2v) is 6.07. The molecule has 10 heteroatoms. The largest absolute Gasteiger partial charge is 0.449 e.